The predicted molar refractivity (Wildman–Crippen MR) is 70.2 cm³/mol. The number of benzene rings is 1. The summed E-state index contributed by atoms with van der Waals surface area (Å²) in [6, 6.07) is 6.45. The molecule has 7 heteroatoms. The Morgan fingerprint density at radius 3 is 2.90 bits per heavy atom. The van der Waals surface area contributed by atoms with Gasteiger partial charge in [0.05, 0.1) is 23.2 Å². The van der Waals surface area contributed by atoms with E-state index in [1.54, 1.807) is 16.8 Å². The monoisotopic (exact) mass is 278 g/mol. The van der Waals surface area contributed by atoms with Gasteiger partial charge in [0.25, 0.3) is 5.69 Å². The highest BCUT2D eigenvalue weighted by atomic mass is 16.6. The number of non-ortho nitro benzene ring substituents is 1. The maximum Gasteiger partial charge on any atom is 0.271 e. The molecule has 0 bridgehead atoms. The number of aliphatic hydroxyl groups is 2. The van der Waals surface area contributed by atoms with Gasteiger partial charge >= 0.3 is 0 Å². The third kappa shape index (κ3) is 2.05. The van der Waals surface area contributed by atoms with E-state index in [1.165, 1.54) is 12.1 Å². The van der Waals surface area contributed by atoms with Crippen molar-refractivity contribution in [2.75, 3.05) is 6.61 Å². The molecule has 0 saturated carbocycles. The molecule has 1 aromatic carbocycles. The molecule has 1 fully saturated rings. The lowest BCUT2D eigenvalue weighted by Gasteiger charge is -2.14. The van der Waals surface area contributed by atoms with Crippen LogP contribution in [0.2, 0.25) is 0 Å². The summed E-state index contributed by atoms with van der Waals surface area (Å²) in [5, 5.41) is 30.6. The van der Waals surface area contributed by atoms with Crippen LogP contribution in [-0.4, -0.2) is 38.5 Å². The summed E-state index contributed by atoms with van der Waals surface area (Å²) in [5.41, 5.74) is 0.685. The van der Waals surface area contributed by atoms with Crippen LogP contribution in [0.4, 0.5) is 5.69 Å². The lowest BCUT2D eigenvalue weighted by atomic mass is 10.2. The van der Waals surface area contributed by atoms with Gasteiger partial charge in [-0.25, -0.2) is 0 Å². The third-order valence-electron chi connectivity index (χ3n) is 3.61. The van der Waals surface area contributed by atoms with E-state index in [1.807, 2.05) is 6.07 Å². The largest absolute Gasteiger partial charge is 0.394 e. The lowest BCUT2D eigenvalue weighted by Crippen LogP contribution is -2.24. The summed E-state index contributed by atoms with van der Waals surface area (Å²) in [6.45, 7) is -0.253. The van der Waals surface area contributed by atoms with Crippen LogP contribution >= 0.6 is 0 Å². The first-order chi connectivity index (χ1) is 9.60. The second-order valence-corrected chi connectivity index (χ2v) is 4.84. The Morgan fingerprint density at radius 1 is 1.45 bits per heavy atom. The van der Waals surface area contributed by atoms with Crippen LogP contribution < -0.4 is 0 Å². The minimum atomic E-state index is -0.735. The van der Waals surface area contributed by atoms with Crippen molar-refractivity contribution in [1.82, 2.24) is 4.57 Å². The summed E-state index contributed by atoms with van der Waals surface area (Å²) in [5.74, 6) is 0. The molecule has 2 N–H and O–H groups in total. The van der Waals surface area contributed by atoms with Crippen LogP contribution in [-0.2, 0) is 4.74 Å². The summed E-state index contributed by atoms with van der Waals surface area (Å²) < 4.78 is 7.32. The van der Waals surface area contributed by atoms with Crippen LogP contribution in [0.3, 0.4) is 0 Å². The third-order valence-corrected chi connectivity index (χ3v) is 3.61. The Bertz CT molecular complexity index is 653. The molecule has 1 aromatic heterocycles. The van der Waals surface area contributed by atoms with Crippen molar-refractivity contribution in [1.29, 1.82) is 0 Å². The molecule has 1 aliphatic heterocycles. The van der Waals surface area contributed by atoms with Crippen molar-refractivity contribution in [2.45, 2.75) is 24.9 Å². The summed E-state index contributed by atoms with van der Waals surface area (Å²) >= 11 is 0. The normalized spacial score (nSPS) is 26.2. The van der Waals surface area contributed by atoms with E-state index in [0.717, 1.165) is 5.39 Å². The molecule has 106 valence electrons. The fourth-order valence-corrected chi connectivity index (χ4v) is 2.55. The predicted octanol–water partition coefficient (Wildman–Crippen LogP) is 1.19. The number of aliphatic hydroxyl groups excluding tert-OH is 2. The standard InChI is InChI=1S/C13H14N2O5/c16-7-12-11(17)6-13(20-12)14-4-3-8-1-2-9(15(18)19)5-10(8)14/h1-5,11-13,16-17H,6-7H2/t11-,12+,13+/m0/s1. The Hall–Kier alpha value is -1.96. The molecule has 1 saturated heterocycles. The van der Waals surface area contributed by atoms with Gasteiger partial charge in [-0.2, -0.15) is 0 Å². The highest BCUT2D eigenvalue weighted by Crippen LogP contribution is 2.33. The Balaban J connectivity index is 2.00. The molecule has 2 aromatic rings. The molecule has 0 unspecified atom stereocenters. The molecule has 0 amide bonds. The van der Waals surface area contributed by atoms with Crippen molar-refractivity contribution in [3.63, 3.8) is 0 Å². The van der Waals surface area contributed by atoms with Gasteiger partial charge in [0, 0.05) is 30.1 Å². The maximum atomic E-state index is 10.8. The van der Waals surface area contributed by atoms with Crippen LogP contribution in [0.15, 0.2) is 30.5 Å². The first kappa shape index (κ1) is 13.0. The van der Waals surface area contributed by atoms with Gasteiger partial charge in [-0.05, 0) is 12.1 Å². The highest BCUT2D eigenvalue weighted by molar-refractivity contribution is 5.82. The molecule has 0 spiro atoms. The van der Waals surface area contributed by atoms with E-state index in [4.69, 9.17) is 9.84 Å². The molecule has 0 aliphatic carbocycles. The maximum absolute atomic E-state index is 10.8. The molecule has 0 radical (unpaired) electrons. The van der Waals surface area contributed by atoms with E-state index in [9.17, 15) is 15.2 Å². The van der Waals surface area contributed by atoms with Crippen LogP contribution in [0.25, 0.3) is 10.9 Å². The van der Waals surface area contributed by atoms with Crippen LogP contribution in [0.5, 0.6) is 0 Å². The SMILES string of the molecule is O=[N+]([O-])c1ccc2ccn([C@H]3C[C@H](O)[C@@H](CO)O3)c2c1. The number of ether oxygens (including phenoxy) is 1. The average Bonchev–Trinajstić information content (AvgIpc) is 3.00. The molecule has 1 aliphatic rings. The Kier molecular flexibility index (Phi) is 3.17. The number of fused-ring (bicyclic) bond motifs is 1. The van der Waals surface area contributed by atoms with Crippen molar-refractivity contribution in [2.24, 2.45) is 0 Å². The van der Waals surface area contributed by atoms with Gasteiger partial charge in [0.15, 0.2) is 0 Å². The topological polar surface area (TPSA) is 97.8 Å². The Labute approximate surface area is 114 Å². The number of aromatic nitrogens is 1. The first-order valence-corrected chi connectivity index (χ1v) is 6.29. The zero-order valence-electron chi connectivity index (χ0n) is 10.5. The quantitative estimate of drug-likeness (QED) is 0.649. The van der Waals surface area contributed by atoms with E-state index < -0.39 is 23.4 Å². The second-order valence-electron chi connectivity index (χ2n) is 4.84. The number of rotatable bonds is 3. The van der Waals surface area contributed by atoms with Gasteiger partial charge in [-0.15, -0.1) is 0 Å². The molecule has 3 rings (SSSR count). The summed E-state index contributed by atoms with van der Waals surface area (Å²) in [4.78, 5) is 10.4. The zero-order valence-corrected chi connectivity index (χ0v) is 10.5. The minimum Gasteiger partial charge on any atom is -0.394 e. The van der Waals surface area contributed by atoms with Gasteiger partial charge in [0.1, 0.15) is 12.3 Å². The fourth-order valence-electron chi connectivity index (χ4n) is 2.55. The first-order valence-electron chi connectivity index (χ1n) is 6.29. The average molecular weight is 278 g/mol. The van der Waals surface area contributed by atoms with Gasteiger partial charge in [0.2, 0.25) is 0 Å². The number of nitro benzene ring substituents is 1. The Morgan fingerprint density at radius 2 is 2.25 bits per heavy atom. The molecule has 3 atom stereocenters. The van der Waals surface area contributed by atoms with Crippen LogP contribution in [0.1, 0.15) is 12.6 Å². The van der Waals surface area contributed by atoms with Crippen molar-refractivity contribution in [3.8, 4) is 0 Å². The second kappa shape index (κ2) is 4.86. The van der Waals surface area contributed by atoms with Gasteiger partial charge in [-0.1, -0.05) is 0 Å². The van der Waals surface area contributed by atoms with Gasteiger partial charge in [-0.3, -0.25) is 10.1 Å². The van der Waals surface area contributed by atoms with Gasteiger partial charge < -0.3 is 19.5 Å². The highest BCUT2D eigenvalue weighted by Gasteiger charge is 2.34. The number of nitrogens with zero attached hydrogens (tertiary/aromatic N) is 2. The minimum absolute atomic E-state index is 0.00898. The molecular weight excluding hydrogens is 264 g/mol. The summed E-state index contributed by atoms with van der Waals surface area (Å²) in [6.07, 6.45) is 0.336. The number of hydrogen-bond donors (Lipinski definition) is 2. The zero-order chi connectivity index (χ0) is 14.3. The van der Waals surface area contributed by atoms with Crippen molar-refractivity contribution >= 4 is 16.6 Å². The smallest absolute Gasteiger partial charge is 0.271 e. The molecular formula is C13H14N2O5. The molecule has 2 heterocycles. The van der Waals surface area contributed by atoms with Crippen molar-refractivity contribution < 1.29 is 19.9 Å². The molecule has 7 nitrogen and oxygen atoms in total. The summed E-state index contributed by atoms with van der Waals surface area (Å²) in [7, 11) is 0. The number of hydrogen-bond acceptors (Lipinski definition) is 5. The van der Waals surface area contributed by atoms with E-state index in [-0.39, 0.29) is 12.3 Å². The van der Waals surface area contributed by atoms with E-state index in [0.29, 0.717) is 11.9 Å². The van der Waals surface area contributed by atoms with E-state index in [2.05, 4.69) is 0 Å². The van der Waals surface area contributed by atoms with E-state index >= 15 is 0 Å². The lowest BCUT2D eigenvalue weighted by molar-refractivity contribution is -0.384. The molecule has 20 heavy (non-hydrogen) atoms. The van der Waals surface area contributed by atoms with Crippen molar-refractivity contribution in [3.05, 3.63) is 40.6 Å². The number of nitro groups is 1. The van der Waals surface area contributed by atoms with Crippen LogP contribution in [0, 0.1) is 10.1 Å². The fraction of sp³-hybridized carbons (Fsp3) is 0.385.